The maximum atomic E-state index is 13.3. The number of fused-ring (bicyclic) bond motifs is 1. The van der Waals surface area contributed by atoms with Crippen molar-refractivity contribution in [2.45, 2.75) is 60.0 Å². The topological polar surface area (TPSA) is 42.0 Å². The van der Waals surface area contributed by atoms with Crippen LogP contribution in [0.2, 0.25) is 0 Å². The Morgan fingerprint density at radius 1 is 0.842 bits per heavy atom. The Labute approximate surface area is 228 Å². The van der Waals surface area contributed by atoms with Gasteiger partial charge >= 0.3 is 0 Å². The third-order valence-corrected chi connectivity index (χ3v) is 7.69. The molecule has 1 saturated heterocycles. The van der Waals surface area contributed by atoms with Gasteiger partial charge in [-0.1, -0.05) is 49.7 Å². The first-order valence-electron chi connectivity index (χ1n) is 13.6. The fraction of sp³-hybridized carbons (Fsp3) is 0.424. The van der Waals surface area contributed by atoms with Crippen molar-refractivity contribution in [3.05, 3.63) is 82.4 Å². The molecule has 0 radical (unpaired) electrons. The molecule has 0 atom stereocenters. The van der Waals surface area contributed by atoms with Crippen molar-refractivity contribution in [1.82, 2.24) is 0 Å². The number of Topliss-reactive ketones (excluding diaryl/α,β-unsaturated/α-hetero) is 1. The Hall–Kier alpha value is -3.47. The molecule has 0 unspecified atom stereocenters. The second-order valence-electron chi connectivity index (χ2n) is 11.1. The van der Waals surface area contributed by atoms with E-state index >= 15 is 0 Å². The maximum absolute atomic E-state index is 13.3. The zero-order chi connectivity index (χ0) is 27.6. The Morgan fingerprint density at radius 3 is 1.92 bits per heavy atom. The van der Waals surface area contributed by atoms with E-state index < -0.39 is 5.60 Å². The van der Waals surface area contributed by atoms with Crippen LogP contribution in [0.5, 0.6) is 11.5 Å². The molecule has 2 aliphatic rings. The average Bonchev–Trinajstić information content (AvgIpc) is 3.15. The molecule has 0 aromatic heterocycles. The number of ether oxygens (including phenoxy) is 2. The number of ketones is 1. The number of aryl methyl sites for hydroxylation is 1. The standard InChI is InChI=1S/C26H34N2O3.C7H8/c1-16(2)21-22-24(31-26(5,6)25(22)29)18(4)17(3)23(21)28-14-12-27(13-15-28)19-8-10-20(30-7)11-9-19;1-7-5-3-2-4-6-7/h8-11,16H,12-15H2,1-7H3;2-6H,1H3. The van der Waals surface area contributed by atoms with Gasteiger partial charge in [-0.05, 0) is 81.5 Å². The quantitative estimate of drug-likeness (QED) is 0.371. The zero-order valence-corrected chi connectivity index (χ0v) is 24.2. The molecule has 202 valence electrons. The van der Waals surface area contributed by atoms with Crippen LogP contribution in [-0.4, -0.2) is 44.7 Å². The summed E-state index contributed by atoms with van der Waals surface area (Å²) in [6.07, 6.45) is 0. The lowest BCUT2D eigenvalue weighted by Gasteiger charge is -2.40. The number of carbonyl (C=O) groups is 1. The van der Waals surface area contributed by atoms with Crippen molar-refractivity contribution in [3.63, 3.8) is 0 Å². The highest BCUT2D eigenvalue weighted by molar-refractivity contribution is 6.10. The summed E-state index contributed by atoms with van der Waals surface area (Å²) >= 11 is 0. The van der Waals surface area contributed by atoms with Gasteiger partial charge in [0.2, 0.25) is 5.78 Å². The highest BCUT2D eigenvalue weighted by atomic mass is 16.5. The van der Waals surface area contributed by atoms with Gasteiger partial charge in [-0.25, -0.2) is 0 Å². The summed E-state index contributed by atoms with van der Waals surface area (Å²) in [6.45, 7) is 18.2. The number of nitrogens with zero attached hydrogens (tertiary/aromatic N) is 2. The summed E-state index contributed by atoms with van der Waals surface area (Å²) in [4.78, 5) is 18.2. The van der Waals surface area contributed by atoms with E-state index in [-0.39, 0.29) is 11.7 Å². The summed E-state index contributed by atoms with van der Waals surface area (Å²) in [5.74, 6) is 2.01. The molecule has 2 aliphatic heterocycles. The molecule has 1 fully saturated rings. The van der Waals surface area contributed by atoms with E-state index in [9.17, 15) is 4.79 Å². The Morgan fingerprint density at radius 2 is 1.42 bits per heavy atom. The largest absolute Gasteiger partial charge is 0.497 e. The first kappa shape index (κ1) is 27.6. The third kappa shape index (κ3) is 5.38. The molecule has 0 N–H and O–H groups in total. The lowest BCUT2D eigenvalue weighted by molar-refractivity contribution is 0.0682. The number of piperazine rings is 1. The zero-order valence-electron chi connectivity index (χ0n) is 24.2. The van der Waals surface area contributed by atoms with Gasteiger partial charge in [0.25, 0.3) is 0 Å². The molecule has 38 heavy (non-hydrogen) atoms. The van der Waals surface area contributed by atoms with Gasteiger partial charge in [0, 0.05) is 37.6 Å². The minimum absolute atomic E-state index is 0.104. The Balaban J connectivity index is 0.000000417. The SMILES string of the molecule is COc1ccc(N2CCN(c3c(C)c(C)c4c(c3C(C)C)C(=O)C(C)(C)O4)CC2)cc1.Cc1ccccc1. The van der Waals surface area contributed by atoms with Crippen LogP contribution in [0.4, 0.5) is 11.4 Å². The van der Waals surface area contributed by atoms with E-state index in [2.05, 4.69) is 68.7 Å². The first-order valence-corrected chi connectivity index (χ1v) is 13.6. The van der Waals surface area contributed by atoms with Crippen molar-refractivity contribution < 1.29 is 14.3 Å². The lowest BCUT2D eigenvalue weighted by atomic mass is 9.85. The van der Waals surface area contributed by atoms with Gasteiger partial charge < -0.3 is 19.3 Å². The van der Waals surface area contributed by atoms with E-state index in [1.54, 1.807) is 7.11 Å². The monoisotopic (exact) mass is 514 g/mol. The molecule has 0 spiro atoms. The molecule has 0 saturated carbocycles. The summed E-state index contributed by atoms with van der Waals surface area (Å²) in [5.41, 5.74) is 7.24. The second kappa shape index (κ2) is 11.1. The molecular weight excluding hydrogens is 472 g/mol. The smallest absolute Gasteiger partial charge is 0.209 e. The van der Waals surface area contributed by atoms with Crippen molar-refractivity contribution in [3.8, 4) is 11.5 Å². The van der Waals surface area contributed by atoms with Gasteiger partial charge in [0.15, 0.2) is 5.60 Å². The van der Waals surface area contributed by atoms with Crippen molar-refractivity contribution in [2.75, 3.05) is 43.1 Å². The fourth-order valence-electron chi connectivity index (χ4n) is 5.42. The molecule has 3 aromatic rings. The van der Waals surface area contributed by atoms with Crippen LogP contribution in [0.25, 0.3) is 0 Å². The molecule has 0 aliphatic carbocycles. The predicted octanol–water partition coefficient (Wildman–Crippen LogP) is 7.11. The Kier molecular flexibility index (Phi) is 8.05. The predicted molar refractivity (Wildman–Crippen MR) is 158 cm³/mol. The molecule has 0 amide bonds. The summed E-state index contributed by atoms with van der Waals surface area (Å²) in [5, 5.41) is 0. The number of methoxy groups -OCH3 is 1. The van der Waals surface area contributed by atoms with E-state index in [0.717, 1.165) is 54.4 Å². The molecule has 0 bridgehead atoms. The molecular formula is C33H42N2O3. The van der Waals surface area contributed by atoms with Crippen molar-refractivity contribution in [2.24, 2.45) is 0 Å². The minimum Gasteiger partial charge on any atom is -0.497 e. The van der Waals surface area contributed by atoms with Gasteiger partial charge in [-0.3, -0.25) is 4.79 Å². The van der Waals surface area contributed by atoms with Crippen LogP contribution in [0, 0.1) is 20.8 Å². The van der Waals surface area contributed by atoms with E-state index in [4.69, 9.17) is 9.47 Å². The van der Waals surface area contributed by atoms with Gasteiger partial charge in [0.05, 0.1) is 12.7 Å². The molecule has 5 nitrogen and oxygen atoms in total. The van der Waals surface area contributed by atoms with Gasteiger partial charge in [-0.15, -0.1) is 0 Å². The number of carbonyl (C=O) groups excluding carboxylic acids is 1. The molecule has 2 heterocycles. The van der Waals surface area contributed by atoms with Crippen LogP contribution >= 0.6 is 0 Å². The van der Waals surface area contributed by atoms with Crippen molar-refractivity contribution in [1.29, 1.82) is 0 Å². The summed E-state index contributed by atoms with van der Waals surface area (Å²) < 4.78 is 11.4. The van der Waals surface area contributed by atoms with Gasteiger partial charge in [0.1, 0.15) is 11.5 Å². The minimum atomic E-state index is -0.797. The van der Waals surface area contributed by atoms with Crippen LogP contribution in [-0.2, 0) is 0 Å². The van der Waals surface area contributed by atoms with Crippen LogP contribution in [0.3, 0.4) is 0 Å². The van der Waals surface area contributed by atoms with Gasteiger partial charge in [-0.2, -0.15) is 0 Å². The number of benzene rings is 3. The lowest BCUT2D eigenvalue weighted by Crippen LogP contribution is -2.47. The third-order valence-electron chi connectivity index (χ3n) is 7.69. The number of rotatable bonds is 4. The maximum Gasteiger partial charge on any atom is 0.209 e. The van der Waals surface area contributed by atoms with Crippen molar-refractivity contribution >= 4 is 17.2 Å². The molecule has 5 rings (SSSR count). The summed E-state index contributed by atoms with van der Waals surface area (Å²) in [6, 6.07) is 18.5. The normalized spacial score (nSPS) is 16.1. The highest BCUT2D eigenvalue weighted by Crippen LogP contribution is 2.48. The highest BCUT2D eigenvalue weighted by Gasteiger charge is 2.44. The molecule has 3 aromatic carbocycles. The number of hydrogen-bond donors (Lipinski definition) is 0. The van der Waals surface area contributed by atoms with E-state index in [1.165, 1.54) is 22.5 Å². The van der Waals surface area contributed by atoms with Crippen LogP contribution < -0.4 is 19.3 Å². The van der Waals surface area contributed by atoms with Crippen LogP contribution in [0.1, 0.15) is 66.2 Å². The first-order chi connectivity index (χ1) is 18.0. The number of anilines is 2. The summed E-state index contributed by atoms with van der Waals surface area (Å²) in [7, 11) is 1.69. The van der Waals surface area contributed by atoms with E-state index in [0.29, 0.717) is 0 Å². The average molecular weight is 515 g/mol. The van der Waals surface area contributed by atoms with Crippen LogP contribution in [0.15, 0.2) is 54.6 Å². The van der Waals surface area contributed by atoms with E-state index in [1.807, 2.05) is 44.2 Å². The second-order valence-corrected chi connectivity index (χ2v) is 11.1. The number of hydrogen-bond acceptors (Lipinski definition) is 5. The molecule has 5 heteroatoms. The fourth-order valence-corrected chi connectivity index (χ4v) is 5.42. The Bertz CT molecular complexity index is 1270.